The minimum atomic E-state index is -0.0111. The highest BCUT2D eigenvalue weighted by Gasteiger charge is 2.26. The van der Waals surface area contributed by atoms with Gasteiger partial charge < -0.3 is 20.3 Å². The minimum absolute atomic E-state index is 0.0111. The Kier molecular flexibility index (Phi) is 7.31. The van der Waals surface area contributed by atoms with Crippen molar-refractivity contribution in [3.8, 4) is 5.75 Å². The van der Waals surface area contributed by atoms with Gasteiger partial charge in [-0.2, -0.15) is 0 Å². The smallest absolute Gasteiger partial charge is 0.262 e. The molecule has 5 heteroatoms. The number of nitrogens with one attached hydrogen (secondary N) is 2. The Morgan fingerprint density at radius 3 is 2.82 bits per heavy atom. The molecule has 0 aromatic heterocycles. The number of amides is 1. The molecule has 2 aromatic rings. The van der Waals surface area contributed by atoms with Crippen LogP contribution in [0.5, 0.6) is 5.75 Å². The van der Waals surface area contributed by atoms with Gasteiger partial charge in [-0.3, -0.25) is 4.79 Å². The molecular weight excluding hydrogens is 350 g/mol. The third kappa shape index (κ3) is 5.04. The highest BCUT2D eigenvalue weighted by Crippen LogP contribution is 2.32. The van der Waals surface area contributed by atoms with Crippen molar-refractivity contribution in [3.63, 3.8) is 0 Å². The maximum Gasteiger partial charge on any atom is 0.262 e. The fourth-order valence-corrected chi connectivity index (χ4v) is 3.42. The summed E-state index contributed by atoms with van der Waals surface area (Å²) in [5.74, 6) is 0.647. The van der Waals surface area contributed by atoms with Crippen LogP contribution in [0.4, 0.5) is 11.4 Å². The van der Waals surface area contributed by atoms with Gasteiger partial charge in [0.15, 0.2) is 0 Å². The van der Waals surface area contributed by atoms with E-state index in [0.29, 0.717) is 30.5 Å². The number of carbonyl (C=O) groups is 1. The number of nitrogens with zero attached hydrogens (tertiary/aromatic N) is 1. The van der Waals surface area contributed by atoms with E-state index >= 15 is 0 Å². The van der Waals surface area contributed by atoms with E-state index in [1.54, 1.807) is 0 Å². The lowest BCUT2D eigenvalue weighted by Gasteiger charge is -2.23. The second kappa shape index (κ2) is 10.1. The number of rotatable bonds is 8. The Hall–Kier alpha value is -2.53. The summed E-state index contributed by atoms with van der Waals surface area (Å²) in [4.78, 5) is 15.3. The first-order valence-electron chi connectivity index (χ1n) is 10.3. The van der Waals surface area contributed by atoms with Gasteiger partial charge >= 0.3 is 0 Å². The van der Waals surface area contributed by atoms with E-state index in [9.17, 15) is 4.79 Å². The lowest BCUT2D eigenvalue weighted by atomic mass is 10.1. The molecule has 0 unspecified atom stereocenters. The van der Waals surface area contributed by atoms with Gasteiger partial charge in [-0.15, -0.1) is 0 Å². The summed E-state index contributed by atoms with van der Waals surface area (Å²) in [6.07, 6.45) is 2.94. The van der Waals surface area contributed by atoms with E-state index < -0.39 is 0 Å². The Bertz CT molecular complexity index is 778. The normalized spacial score (nSPS) is 16.1. The predicted octanol–water partition coefficient (Wildman–Crippen LogP) is 4.31. The number of ether oxygens (including phenoxy) is 1. The molecule has 0 spiro atoms. The van der Waals surface area contributed by atoms with Crippen molar-refractivity contribution in [3.05, 3.63) is 54.1 Å². The molecule has 0 saturated carbocycles. The summed E-state index contributed by atoms with van der Waals surface area (Å²) in [6.45, 7) is 7.52. The maximum atomic E-state index is 13.4. The average molecular weight is 382 g/mol. The van der Waals surface area contributed by atoms with Crippen LogP contribution in [0.25, 0.3) is 0 Å². The Morgan fingerprint density at radius 1 is 1.18 bits per heavy atom. The molecule has 28 heavy (non-hydrogen) atoms. The van der Waals surface area contributed by atoms with Crippen molar-refractivity contribution in [2.24, 2.45) is 0 Å². The molecule has 1 atom stereocenters. The van der Waals surface area contributed by atoms with Crippen LogP contribution in [0.1, 0.15) is 43.5 Å². The number of hydrogen-bond donors (Lipinski definition) is 2. The average Bonchev–Trinajstić information content (AvgIpc) is 2.88. The van der Waals surface area contributed by atoms with Crippen molar-refractivity contribution in [1.29, 1.82) is 0 Å². The second-order valence-electron chi connectivity index (χ2n) is 7.26. The van der Waals surface area contributed by atoms with Gasteiger partial charge in [0.25, 0.3) is 5.91 Å². The summed E-state index contributed by atoms with van der Waals surface area (Å²) >= 11 is 0. The van der Waals surface area contributed by atoms with Crippen LogP contribution in [0.15, 0.2) is 48.5 Å². The molecule has 0 saturated heterocycles. The molecule has 3 rings (SSSR count). The molecule has 1 amide bonds. The monoisotopic (exact) mass is 381 g/mol. The van der Waals surface area contributed by atoms with Gasteiger partial charge in [0.2, 0.25) is 0 Å². The molecule has 0 aliphatic carbocycles. The largest absolute Gasteiger partial charge is 0.493 e. The number of para-hydroxylation sites is 3. The highest BCUT2D eigenvalue weighted by molar-refractivity contribution is 6.09. The molecular formula is C23H31N3O2. The summed E-state index contributed by atoms with van der Waals surface area (Å²) in [7, 11) is 0. The number of benzene rings is 2. The zero-order valence-corrected chi connectivity index (χ0v) is 16.9. The van der Waals surface area contributed by atoms with Crippen LogP contribution in [-0.2, 0) is 0 Å². The van der Waals surface area contributed by atoms with E-state index in [2.05, 4.69) is 24.5 Å². The first-order valence-corrected chi connectivity index (χ1v) is 10.3. The number of hydrogen-bond acceptors (Lipinski definition) is 4. The van der Waals surface area contributed by atoms with Crippen molar-refractivity contribution in [2.75, 3.05) is 36.5 Å². The fraction of sp³-hybridized carbons (Fsp3) is 0.435. The van der Waals surface area contributed by atoms with Crippen molar-refractivity contribution in [1.82, 2.24) is 5.32 Å². The molecule has 0 fully saturated rings. The molecule has 5 nitrogen and oxygen atoms in total. The Morgan fingerprint density at radius 2 is 1.96 bits per heavy atom. The van der Waals surface area contributed by atoms with Gasteiger partial charge in [0.1, 0.15) is 5.75 Å². The highest BCUT2D eigenvalue weighted by atomic mass is 16.5. The molecule has 1 aliphatic rings. The second-order valence-corrected chi connectivity index (χ2v) is 7.26. The zero-order chi connectivity index (χ0) is 19.8. The first-order chi connectivity index (χ1) is 13.7. The van der Waals surface area contributed by atoms with Gasteiger partial charge in [-0.05, 0) is 63.5 Å². The summed E-state index contributed by atoms with van der Waals surface area (Å²) in [5, 5.41) is 6.87. The van der Waals surface area contributed by atoms with Crippen molar-refractivity contribution >= 4 is 17.3 Å². The van der Waals surface area contributed by atoms with Gasteiger partial charge in [0.05, 0.1) is 23.5 Å². The lowest BCUT2D eigenvalue weighted by molar-refractivity contribution is 0.0983. The molecule has 150 valence electrons. The van der Waals surface area contributed by atoms with Crippen LogP contribution in [0.3, 0.4) is 0 Å². The molecule has 0 bridgehead atoms. The van der Waals surface area contributed by atoms with E-state index in [1.165, 1.54) is 0 Å². The third-order valence-electron chi connectivity index (χ3n) is 4.93. The Balaban J connectivity index is 1.74. The number of fused-ring (bicyclic) bond motifs is 1. The molecule has 0 radical (unpaired) electrons. The topological polar surface area (TPSA) is 53.6 Å². The summed E-state index contributed by atoms with van der Waals surface area (Å²) < 4.78 is 5.97. The third-order valence-corrected chi connectivity index (χ3v) is 4.93. The summed E-state index contributed by atoms with van der Waals surface area (Å²) in [5.41, 5.74) is 2.55. The first kappa shape index (κ1) is 20.2. The van der Waals surface area contributed by atoms with Crippen LogP contribution in [0.2, 0.25) is 0 Å². The van der Waals surface area contributed by atoms with Crippen molar-refractivity contribution < 1.29 is 9.53 Å². The van der Waals surface area contributed by atoms with Crippen LogP contribution in [-0.4, -0.2) is 38.2 Å². The SMILES string of the molecule is CCCNCCCOc1ccccc1C(=O)N1CC[C@H](C)Nc2ccccc21. The van der Waals surface area contributed by atoms with Gasteiger partial charge in [-0.25, -0.2) is 0 Å². The molecule has 2 N–H and O–H groups in total. The lowest BCUT2D eigenvalue weighted by Crippen LogP contribution is -2.32. The van der Waals surface area contributed by atoms with E-state index in [1.807, 2.05) is 53.4 Å². The van der Waals surface area contributed by atoms with Crippen LogP contribution < -0.4 is 20.3 Å². The van der Waals surface area contributed by atoms with E-state index in [4.69, 9.17) is 4.74 Å². The van der Waals surface area contributed by atoms with Gasteiger partial charge in [-0.1, -0.05) is 31.2 Å². The van der Waals surface area contributed by atoms with Gasteiger partial charge in [0, 0.05) is 12.6 Å². The van der Waals surface area contributed by atoms with Crippen LogP contribution in [0, 0.1) is 0 Å². The molecule has 1 heterocycles. The number of anilines is 2. The summed E-state index contributed by atoms with van der Waals surface area (Å²) in [6, 6.07) is 15.9. The standard InChI is InChI=1S/C23H31N3O2/c1-3-14-24-15-8-17-28-22-12-7-4-9-19(22)23(27)26-16-13-18(2)25-20-10-5-6-11-21(20)26/h4-7,9-12,18,24-25H,3,8,13-17H2,1-2H3/t18-/m0/s1. The van der Waals surface area contributed by atoms with Crippen molar-refractivity contribution in [2.45, 2.75) is 39.2 Å². The number of carbonyl (C=O) groups excluding carboxylic acids is 1. The molecule has 1 aliphatic heterocycles. The Labute approximate surface area is 168 Å². The van der Waals surface area contributed by atoms with E-state index in [0.717, 1.165) is 43.7 Å². The van der Waals surface area contributed by atoms with Crippen LogP contribution >= 0.6 is 0 Å². The predicted molar refractivity (Wildman–Crippen MR) is 116 cm³/mol. The minimum Gasteiger partial charge on any atom is -0.493 e. The fourth-order valence-electron chi connectivity index (χ4n) is 3.42. The zero-order valence-electron chi connectivity index (χ0n) is 16.9. The van der Waals surface area contributed by atoms with E-state index in [-0.39, 0.29) is 5.91 Å². The molecule has 2 aromatic carbocycles. The maximum absolute atomic E-state index is 13.4. The quantitative estimate of drug-likeness (QED) is 0.669.